The summed E-state index contributed by atoms with van der Waals surface area (Å²) in [6, 6.07) is 0. The van der Waals surface area contributed by atoms with Crippen LogP contribution in [0.5, 0.6) is 0 Å². The van der Waals surface area contributed by atoms with Gasteiger partial charge in [0.05, 0.1) is 13.2 Å². The summed E-state index contributed by atoms with van der Waals surface area (Å²) in [5, 5.41) is 0. The van der Waals surface area contributed by atoms with E-state index in [-0.39, 0.29) is 12.0 Å². The molecule has 0 aliphatic carbocycles. The minimum atomic E-state index is -0.114. The number of rotatable bonds is 5. The van der Waals surface area contributed by atoms with Crippen molar-refractivity contribution in [2.45, 2.75) is 25.9 Å². The van der Waals surface area contributed by atoms with Crippen molar-refractivity contribution in [3.63, 3.8) is 0 Å². The van der Waals surface area contributed by atoms with Crippen LogP contribution in [0, 0.1) is 0 Å². The van der Waals surface area contributed by atoms with Gasteiger partial charge in [-0.1, -0.05) is 0 Å². The zero-order valence-electron chi connectivity index (χ0n) is 7.22. The summed E-state index contributed by atoms with van der Waals surface area (Å²) in [5.74, 6) is -0.114. The Balaban J connectivity index is 3.30. The van der Waals surface area contributed by atoms with Crippen LogP contribution >= 0.6 is 0 Å². The van der Waals surface area contributed by atoms with E-state index < -0.39 is 0 Å². The molecule has 1 N–H and O–H groups in total. The first-order valence-electron chi connectivity index (χ1n) is 3.55. The van der Waals surface area contributed by atoms with E-state index in [4.69, 9.17) is 4.74 Å². The number of carbonyl (C=O) groups is 1. The average Bonchev–Trinajstić information content (AvgIpc) is 2.01. The van der Waals surface area contributed by atoms with Crippen LogP contribution in [0.15, 0.2) is 0 Å². The quantitative estimate of drug-likeness (QED) is 0.596. The lowest BCUT2D eigenvalue weighted by molar-refractivity contribution is -0.131. The number of carbonyl (C=O) groups excluding carboxylic acids is 1. The average molecular weight is 161 g/mol. The van der Waals surface area contributed by atoms with Gasteiger partial charge in [0.2, 0.25) is 5.91 Å². The van der Waals surface area contributed by atoms with E-state index in [0.717, 1.165) is 0 Å². The van der Waals surface area contributed by atoms with Crippen molar-refractivity contribution in [2.75, 3.05) is 14.2 Å². The fraction of sp³-hybridized carbons (Fsp3) is 0.857. The molecule has 66 valence electrons. The second kappa shape index (κ2) is 6.12. The third-order valence-corrected chi connectivity index (χ3v) is 1.40. The fourth-order valence-electron chi connectivity index (χ4n) is 0.617. The van der Waals surface area contributed by atoms with Gasteiger partial charge in [0, 0.05) is 13.5 Å². The van der Waals surface area contributed by atoms with Gasteiger partial charge in [-0.25, -0.2) is 5.48 Å². The van der Waals surface area contributed by atoms with Crippen LogP contribution in [-0.2, 0) is 14.4 Å². The third kappa shape index (κ3) is 5.82. The molecular weight excluding hydrogens is 146 g/mol. The van der Waals surface area contributed by atoms with Crippen molar-refractivity contribution in [2.24, 2.45) is 0 Å². The van der Waals surface area contributed by atoms with Crippen molar-refractivity contribution in [1.29, 1.82) is 0 Å². The molecule has 1 atom stereocenters. The largest absolute Gasteiger partial charge is 0.382 e. The summed E-state index contributed by atoms with van der Waals surface area (Å²) in [6.07, 6.45) is 1.27. The van der Waals surface area contributed by atoms with Crippen LogP contribution in [0.3, 0.4) is 0 Å². The van der Waals surface area contributed by atoms with E-state index in [1.54, 1.807) is 7.11 Å². The first kappa shape index (κ1) is 10.4. The van der Waals surface area contributed by atoms with Gasteiger partial charge < -0.3 is 4.74 Å². The van der Waals surface area contributed by atoms with E-state index in [1.165, 1.54) is 7.11 Å². The van der Waals surface area contributed by atoms with Crippen molar-refractivity contribution in [3.05, 3.63) is 0 Å². The Morgan fingerprint density at radius 1 is 1.55 bits per heavy atom. The van der Waals surface area contributed by atoms with Gasteiger partial charge in [-0.3, -0.25) is 9.63 Å². The second-order valence-corrected chi connectivity index (χ2v) is 2.31. The molecule has 0 rings (SSSR count). The lowest BCUT2D eigenvalue weighted by atomic mass is 10.2. The molecule has 1 unspecified atom stereocenters. The molecule has 11 heavy (non-hydrogen) atoms. The van der Waals surface area contributed by atoms with Gasteiger partial charge in [0.25, 0.3) is 0 Å². The molecule has 0 heterocycles. The third-order valence-electron chi connectivity index (χ3n) is 1.40. The normalized spacial score (nSPS) is 12.6. The number of nitrogens with one attached hydrogen (secondary N) is 1. The number of hydrogen-bond donors (Lipinski definition) is 1. The highest BCUT2D eigenvalue weighted by atomic mass is 16.6. The zero-order valence-corrected chi connectivity index (χ0v) is 7.22. The molecule has 1 amide bonds. The molecule has 0 aliphatic heterocycles. The Hall–Kier alpha value is -0.610. The highest BCUT2D eigenvalue weighted by molar-refractivity contribution is 5.74. The van der Waals surface area contributed by atoms with Crippen LogP contribution in [0.2, 0.25) is 0 Å². The lowest BCUT2D eigenvalue weighted by Crippen LogP contribution is -2.22. The Morgan fingerprint density at radius 2 is 2.18 bits per heavy atom. The van der Waals surface area contributed by atoms with Crippen molar-refractivity contribution in [3.8, 4) is 0 Å². The molecule has 0 aromatic heterocycles. The van der Waals surface area contributed by atoms with E-state index >= 15 is 0 Å². The molecule has 0 saturated heterocycles. The minimum absolute atomic E-state index is 0.114. The van der Waals surface area contributed by atoms with Crippen LogP contribution < -0.4 is 5.48 Å². The molecule has 4 nitrogen and oxygen atoms in total. The summed E-state index contributed by atoms with van der Waals surface area (Å²) >= 11 is 0. The maximum Gasteiger partial charge on any atom is 0.243 e. The molecule has 0 bridgehead atoms. The highest BCUT2D eigenvalue weighted by Crippen LogP contribution is 1.98. The van der Waals surface area contributed by atoms with Crippen molar-refractivity contribution in [1.82, 2.24) is 5.48 Å². The Morgan fingerprint density at radius 3 is 2.64 bits per heavy atom. The topological polar surface area (TPSA) is 47.6 Å². The summed E-state index contributed by atoms with van der Waals surface area (Å²) in [4.78, 5) is 15.2. The Kier molecular flexibility index (Phi) is 5.78. The number of methoxy groups -OCH3 is 1. The predicted molar refractivity (Wildman–Crippen MR) is 40.9 cm³/mol. The van der Waals surface area contributed by atoms with E-state index in [9.17, 15) is 4.79 Å². The standard InChI is InChI=1S/C7H15NO3/c1-6(10-2)4-5-7(9)8-11-3/h6H,4-5H2,1-3H3,(H,8,9). The van der Waals surface area contributed by atoms with Crippen molar-refractivity contribution >= 4 is 5.91 Å². The smallest absolute Gasteiger partial charge is 0.243 e. The van der Waals surface area contributed by atoms with Gasteiger partial charge >= 0.3 is 0 Å². The summed E-state index contributed by atoms with van der Waals surface area (Å²) in [5.41, 5.74) is 2.23. The summed E-state index contributed by atoms with van der Waals surface area (Å²) < 4.78 is 4.96. The summed E-state index contributed by atoms with van der Waals surface area (Å²) in [6.45, 7) is 1.92. The number of ether oxygens (including phenoxy) is 1. The van der Waals surface area contributed by atoms with Gasteiger partial charge in [0.1, 0.15) is 0 Å². The highest BCUT2D eigenvalue weighted by Gasteiger charge is 2.04. The van der Waals surface area contributed by atoms with Gasteiger partial charge in [-0.2, -0.15) is 0 Å². The molecule has 0 saturated carbocycles. The molecular formula is C7H15NO3. The number of hydrogen-bond acceptors (Lipinski definition) is 3. The van der Waals surface area contributed by atoms with E-state index in [0.29, 0.717) is 12.8 Å². The Bertz CT molecular complexity index is 116. The molecule has 0 spiro atoms. The maximum atomic E-state index is 10.8. The van der Waals surface area contributed by atoms with E-state index in [1.807, 2.05) is 6.92 Å². The zero-order chi connectivity index (χ0) is 8.69. The number of amides is 1. The first-order valence-corrected chi connectivity index (χ1v) is 3.55. The van der Waals surface area contributed by atoms with Gasteiger partial charge in [-0.15, -0.1) is 0 Å². The lowest BCUT2D eigenvalue weighted by Gasteiger charge is -2.07. The predicted octanol–water partition coefficient (Wildman–Crippen LogP) is 0.479. The molecule has 0 aromatic carbocycles. The first-order chi connectivity index (χ1) is 5.20. The maximum absolute atomic E-state index is 10.8. The van der Waals surface area contributed by atoms with Crippen LogP contribution in [0.25, 0.3) is 0 Å². The number of hydroxylamine groups is 1. The van der Waals surface area contributed by atoms with Crippen LogP contribution in [0.4, 0.5) is 0 Å². The van der Waals surface area contributed by atoms with Crippen molar-refractivity contribution < 1.29 is 14.4 Å². The molecule has 0 fully saturated rings. The van der Waals surface area contributed by atoms with Crippen LogP contribution in [-0.4, -0.2) is 26.2 Å². The molecule has 0 radical (unpaired) electrons. The molecule has 4 heteroatoms. The Labute approximate surface area is 66.8 Å². The minimum Gasteiger partial charge on any atom is -0.382 e. The van der Waals surface area contributed by atoms with E-state index in [2.05, 4.69) is 10.3 Å². The van der Waals surface area contributed by atoms with Gasteiger partial charge in [-0.05, 0) is 13.3 Å². The van der Waals surface area contributed by atoms with Gasteiger partial charge in [0.15, 0.2) is 0 Å². The van der Waals surface area contributed by atoms with Crippen LogP contribution in [0.1, 0.15) is 19.8 Å². The monoisotopic (exact) mass is 161 g/mol. The SMILES string of the molecule is CONC(=O)CCC(C)OC. The summed E-state index contributed by atoms with van der Waals surface area (Å²) in [7, 11) is 3.04. The fourth-order valence-corrected chi connectivity index (χ4v) is 0.617. The molecule has 0 aliphatic rings. The molecule has 0 aromatic rings. The second-order valence-electron chi connectivity index (χ2n) is 2.31.